The molecule has 0 aromatic heterocycles. The molecule has 2 atom stereocenters. The molecule has 0 heterocycles. The molecule has 2 rings (SSSR count). The second kappa shape index (κ2) is 8.02. The van der Waals surface area contributed by atoms with Gasteiger partial charge in [0.2, 0.25) is 11.8 Å². The minimum atomic E-state index is -0.562. The third-order valence-corrected chi connectivity index (χ3v) is 5.02. The quantitative estimate of drug-likeness (QED) is 0.841. The van der Waals surface area contributed by atoms with Crippen LogP contribution in [0.4, 0.5) is 0 Å². The van der Waals surface area contributed by atoms with Gasteiger partial charge >= 0.3 is 0 Å². The van der Waals surface area contributed by atoms with Crippen LogP contribution < -0.4 is 10.6 Å². The molecule has 4 nitrogen and oxygen atoms in total. The summed E-state index contributed by atoms with van der Waals surface area (Å²) in [6, 6.07) is 4.47. The first-order valence-electron chi connectivity index (χ1n) is 7.94. The number of amides is 2. The fourth-order valence-electron chi connectivity index (χ4n) is 2.79. The Morgan fingerprint density at radius 2 is 1.74 bits per heavy atom. The van der Waals surface area contributed by atoms with Crippen molar-refractivity contribution in [3.8, 4) is 0 Å². The minimum absolute atomic E-state index is 0.0210. The number of hydrogen-bond acceptors (Lipinski definition) is 2. The number of benzene rings is 1. The first kappa shape index (κ1) is 18.1. The topological polar surface area (TPSA) is 58.2 Å². The molecule has 2 amide bonds. The minimum Gasteiger partial charge on any atom is -0.348 e. The van der Waals surface area contributed by atoms with Crippen LogP contribution in [0, 0.1) is 5.92 Å². The van der Waals surface area contributed by atoms with Gasteiger partial charge in [-0.15, -0.1) is 0 Å². The van der Waals surface area contributed by atoms with Gasteiger partial charge < -0.3 is 10.6 Å². The summed E-state index contributed by atoms with van der Waals surface area (Å²) in [6.45, 7) is 3.56. The van der Waals surface area contributed by atoms with E-state index < -0.39 is 6.04 Å². The van der Waals surface area contributed by atoms with Gasteiger partial charge in [-0.25, -0.2) is 0 Å². The van der Waals surface area contributed by atoms with Gasteiger partial charge in [0.15, 0.2) is 0 Å². The Labute approximate surface area is 146 Å². The molecule has 23 heavy (non-hydrogen) atoms. The van der Waals surface area contributed by atoms with Crippen molar-refractivity contribution in [2.75, 3.05) is 0 Å². The SMILES string of the molecule is C[C@H](NC(=O)[C@@H](C)NC(=O)C1CCCC1)c1ccc(Cl)c(Cl)c1. The van der Waals surface area contributed by atoms with Gasteiger partial charge in [-0.3, -0.25) is 9.59 Å². The zero-order valence-electron chi connectivity index (χ0n) is 13.4. The molecular formula is C17H22Cl2N2O2. The molecule has 2 N–H and O–H groups in total. The maximum atomic E-state index is 12.2. The number of rotatable bonds is 5. The highest BCUT2D eigenvalue weighted by molar-refractivity contribution is 6.42. The van der Waals surface area contributed by atoms with E-state index in [1.165, 1.54) is 0 Å². The molecule has 1 fully saturated rings. The number of halogens is 2. The Morgan fingerprint density at radius 3 is 2.35 bits per heavy atom. The summed E-state index contributed by atoms with van der Waals surface area (Å²) >= 11 is 11.9. The van der Waals surface area contributed by atoms with E-state index >= 15 is 0 Å². The summed E-state index contributed by atoms with van der Waals surface area (Å²) in [5, 5.41) is 6.61. The molecule has 0 bridgehead atoms. The fourth-order valence-corrected chi connectivity index (χ4v) is 3.09. The van der Waals surface area contributed by atoms with Crippen molar-refractivity contribution in [2.45, 2.75) is 51.6 Å². The summed E-state index contributed by atoms with van der Waals surface area (Å²) in [5.41, 5.74) is 0.863. The average Bonchev–Trinajstić information content (AvgIpc) is 3.04. The maximum Gasteiger partial charge on any atom is 0.242 e. The van der Waals surface area contributed by atoms with Gasteiger partial charge in [0.25, 0.3) is 0 Å². The van der Waals surface area contributed by atoms with Crippen LogP contribution in [0.5, 0.6) is 0 Å². The van der Waals surface area contributed by atoms with Crippen LogP contribution in [0.25, 0.3) is 0 Å². The van der Waals surface area contributed by atoms with Crippen molar-refractivity contribution in [1.82, 2.24) is 10.6 Å². The van der Waals surface area contributed by atoms with E-state index in [-0.39, 0.29) is 23.8 Å². The molecule has 0 aliphatic heterocycles. The molecule has 1 aromatic carbocycles. The van der Waals surface area contributed by atoms with E-state index in [1.54, 1.807) is 19.1 Å². The van der Waals surface area contributed by atoms with Crippen molar-refractivity contribution >= 4 is 35.0 Å². The first-order valence-corrected chi connectivity index (χ1v) is 8.69. The van der Waals surface area contributed by atoms with Crippen LogP contribution in [-0.4, -0.2) is 17.9 Å². The van der Waals surface area contributed by atoms with Gasteiger partial charge in [0.05, 0.1) is 16.1 Å². The molecule has 1 aromatic rings. The predicted molar refractivity (Wildman–Crippen MR) is 92.6 cm³/mol. The van der Waals surface area contributed by atoms with E-state index in [0.717, 1.165) is 31.2 Å². The molecule has 126 valence electrons. The standard InChI is InChI=1S/C17H22Cl2N2O2/c1-10(13-7-8-14(18)15(19)9-13)20-16(22)11(2)21-17(23)12-5-3-4-6-12/h7-12H,3-6H2,1-2H3,(H,20,22)(H,21,23)/t10-,11+/m0/s1. The summed E-state index contributed by atoms with van der Waals surface area (Å²) in [4.78, 5) is 24.3. The average molecular weight is 357 g/mol. The Kier molecular flexibility index (Phi) is 6.31. The van der Waals surface area contributed by atoms with Crippen molar-refractivity contribution in [3.63, 3.8) is 0 Å². The lowest BCUT2D eigenvalue weighted by molar-refractivity contribution is -0.131. The summed E-state index contributed by atoms with van der Waals surface area (Å²) < 4.78 is 0. The van der Waals surface area contributed by atoms with Gasteiger partial charge in [-0.2, -0.15) is 0 Å². The molecule has 0 saturated heterocycles. The highest BCUT2D eigenvalue weighted by Crippen LogP contribution is 2.26. The van der Waals surface area contributed by atoms with Crippen LogP contribution in [-0.2, 0) is 9.59 Å². The second-order valence-electron chi connectivity index (χ2n) is 6.12. The maximum absolute atomic E-state index is 12.2. The Balaban J connectivity index is 1.89. The van der Waals surface area contributed by atoms with E-state index in [2.05, 4.69) is 10.6 Å². The van der Waals surface area contributed by atoms with Crippen LogP contribution >= 0.6 is 23.2 Å². The molecular weight excluding hydrogens is 335 g/mol. The van der Waals surface area contributed by atoms with Gasteiger partial charge in [-0.1, -0.05) is 42.1 Å². The van der Waals surface area contributed by atoms with Crippen molar-refractivity contribution in [3.05, 3.63) is 33.8 Å². The highest BCUT2D eigenvalue weighted by atomic mass is 35.5. The highest BCUT2D eigenvalue weighted by Gasteiger charge is 2.26. The normalized spacial score (nSPS) is 17.6. The molecule has 0 radical (unpaired) electrons. The largest absolute Gasteiger partial charge is 0.348 e. The number of hydrogen-bond donors (Lipinski definition) is 2. The first-order chi connectivity index (χ1) is 10.9. The molecule has 0 spiro atoms. The molecule has 1 aliphatic rings. The predicted octanol–water partition coefficient (Wildman–Crippen LogP) is 3.87. The van der Waals surface area contributed by atoms with E-state index in [1.807, 2.05) is 13.0 Å². The number of carbonyl (C=O) groups is 2. The van der Waals surface area contributed by atoms with Crippen molar-refractivity contribution in [2.24, 2.45) is 5.92 Å². The fraction of sp³-hybridized carbons (Fsp3) is 0.529. The summed E-state index contributed by atoms with van der Waals surface area (Å²) in [7, 11) is 0. The zero-order chi connectivity index (χ0) is 17.0. The lowest BCUT2D eigenvalue weighted by Gasteiger charge is -2.20. The summed E-state index contributed by atoms with van der Waals surface area (Å²) in [5.74, 6) is -0.181. The Hall–Kier alpha value is -1.26. The lowest BCUT2D eigenvalue weighted by atomic mass is 10.1. The van der Waals surface area contributed by atoms with Crippen LogP contribution in [0.2, 0.25) is 10.0 Å². The van der Waals surface area contributed by atoms with E-state index in [0.29, 0.717) is 10.0 Å². The van der Waals surface area contributed by atoms with Gasteiger partial charge in [0, 0.05) is 5.92 Å². The second-order valence-corrected chi connectivity index (χ2v) is 6.93. The monoisotopic (exact) mass is 356 g/mol. The van der Waals surface area contributed by atoms with E-state index in [4.69, 9.17) is 23.2 Å². The summed E-state index contributed by atoms with van der Waals surface area (Å²) in [6.07, 6.45) is 4.01. The number of carbonyl (C=O) groups excluding carboxylic acids is 2. The Bertz CT molecular complexity index is 586. The molecule has 1 aliphatic carbocycles. The van der Waals surface area contributed by atoms with E-state index in [9.17, 15) is 9.59 Å². The van der Waals surface area contributed by atoms with Crippen LogP contribution in [0.15, 0.2) is 18.2 Å². The van der Waals surface area contributed by atoms with Crippen molar-refractivity contribution < 1.29 is 9.59 Å². The van der Waals surface area contributed by atoms with Crippen LogP contribution in [0.1, 0.15) is 51.1 Å². The Morgan fingerprint density at radius 1 is 1.09 bits per heavy atom. The van der Waals surface area contributed by atoms with Gasteiger partial charge in [-0.05, 0) is 44.4 Å². The third-order valence-electron chi connectivity index (χ3n) is 4.28. The molecule has 6 heteroatoms. The van der Waals surface area contributed by atoms with Crippen molar-refractivity contribution in [1.29, 1.82) is 0 Å². The smallest absolute Gasteiger partial charge is 0.242 e. The van der Waals surface area contributed by atoms with Gasteiger partial charge in [0.1, 0.15) is 6.04 Å². The zero-order valence-corrected chi connectivity index (χ0v) is 14.9. The molecule has 0 unspecified atom stereocenters. The molecule has 1 saturated carbocycles. The lowest BCUT2D eigenvalue weighted by Crippen LogP contribution is -2.47. The number of nitrogens with one attached hydrogen (secondary N) is 2. The van der Waals surface area contributed by atoms with Crippen LogP contribution in [0.3, 0.4) is 0 Å². The third kappa shape index (κ3) is 4.85.